The smallest absolute Gasteiger partial charge is 0.271 e. The van der Waals surface area contributed by atoms with Crippen molar-refractivity contribution in [3.05, 3.63) is 53.1 Å². The highest BCUT2D eigenvalue weighted by Gasteiger charge is 2.30. The average Bonchev–Trinajstić information content (AvgIpc) is 3.45. The van der Waals surface area contributed by atoms with Crippen LogP contribution in [0.2, 0.25) is 0 Å². The monoisotopic (exact) mass is 412 g/mol. The molecule has 7 heteroatoms. The van der Waals surface area contributed by atoms with E-state index in [4.69, 9.17) is 0 Å². The number of halogens is 1. The molecule has 2 aliphatic rings. The first-order valence-electron chi connectivity index (χ1n) is 11.0. The third-order valence-electron chi connectivity index (χ3n) is 6.24. The van der Waals surface area contributed by atoms with Crippen LogP contribution in [0.15, 0.2) is 30.3 Å². The maximum absolute atomic E-state index is 13.1. The lowest BCUT2D eigenvalue weighted by Crippen LogP contribution is -2.38. The molecule has 2 N–H and O–H groups in total. The summed E-state index contributed by atoms with van der Waals surface area (Å²) >= 11 is 0. The molecular formula is C23H29FN4O2. The molecule has 1 aliphatic heterocycles. The molecule has 0 bridgehead atoms. The highest BCUT2D eigenvalue weighted by molar-refractivity contribution is 5.92. The fraction of sp³-hybridized carbons (Fsp3) is 0.522. The van der Waals surface area contributed by atoms with Crippen molar-refractivity contribution in [2.75, 3.05) is 6.54 Å². The molecule has 2 fully saturated rings. The second-order valence-electron chi connectivity index (χ2n) is 8.39. The van der Waals surface area contributed by atoms with Crippen LogP contribution in [0.1, 0.15) is 79.2 Å². The number of rotatable bonds is 6. The molecule has 1 saturated heterocycles. The Labute approximate surface area is 176 Å². The van der Waals surface area contributed by atoms with Gasteiger partial charge in [-0.3, -0.25) is 14.7 Å². The Kier molecular flexibility index (Phi) is 6.45. The Morgan fingerprint density at radius 3 is 2.60 bits per heavy atom. The van der Waals surface area contributed by atoms with Gasteiger partial charge in [-0.2, -0.15) is 5.10 Å². The van der Waals surface area contributed by atoms with Gasteiger partial charge < -0.3 is 10.2 Å². The summed E-state index contributed by atoms with van der Waals surface area (Å²) in [5.41, 5.74) is 2.16. The van der Waals surface area contributed by atoms with Gasteiger partial charge >= 0.3 is 0 Å². The van der Waals surface area contributed by atoms with E-state index in [1.165, 1.54) is 12.1 Å². The average molecular weight is 413 g/mol. The Hall–Kier alpha value is -2.70. The summed E-state index contributed by atoms with van der Waals surface area (Å²) in [6.45, 7) is 0.704. The van der Waals surface area contributed by atoms with Crippen LogP contribution < -0.4 is 5.32 Å². The van der Waals surface area contributed by atoms with Crippen molar-refractivity contribution in [1.29, 1.82) is 0 Å². The van der Waals surface area contributed by atoms with E-state index in [2.05, 4.69) is 15.5 Å². The van der Waals surface area contributed by atoms with Crippen LogP contribution in [-0.4, -0.2) is 39.5 Å². The molecule has 1 aliphatic carbocycles. The minimum Gasteiger partial charge on any atom is -0.348 e. The van der Waals surface area contributed by atoms with E-state index in [9.17, 15) is 14.0 Å². The number of hydrogen-bond donors (Lipinski definition) is 2. The number of benzene rings is 1. The maximum atomic E-state index is 13.1. The van der Waals surface area contributed by atoms with Gasteiger partial charge in [0.1, 0.15) is 11.5 Å². The molecule has 0 spiro atoms. The number of hydrogen-bond acceptors (Lipinski definition) is 3. The molecule has 2 aromatic rings. The van der Waals surface area contributed by atoms with Crippen LogP contribution in [-0.2, 0) is 11.2 Å². The van der Waals surface area contributed by atoms with Crippen molar-refractivity contribution >= 4 is 11.8 Å². The van der Waals surface area contributed by atoms with Crippen LogP contribution in [0.5, 0.6) is 0 Å². The van der Waals surface area contributed by atoms with E-state index in [0.717, 1.165) is 56.2 Å². The summed E-state index contributed by atoms with van der Waals surface area (Å²) in [5.74, 6) is -0.335. The van der Waals surface area contributed by atoms with Crippen LogP contribution in [0.4, 0.5) is 4.39 Å². The molecule has 1 aromatic heterocycles. The second kappa shape index (κ2) is 9.41. The predicted octanol–water partition coefficient (Wildman–Crippen LogP) is 3.91. The van der Waals surface area contributed by atoms with Crippen molar-refractivity contribution in [3.8, 4) is 0 Å². The number of carbonyl (C=O) groups is 2. The summed E-state index contributed by atoms with van der Waals surface area (Å²) in [6, 6.07) is 8.25. The zero-order valence-corrected chi connectivity index (χ0v) is 17.2. The lowest BCUT2D eigenvalue weighted by molar-refractivity contribution is -0.135. The van der Waals surface area contributed by atoms with Crippen LogP contribution in [0.25, 0.3) is 0 Å². The van der Waals surface area contributed by atoms with Crippen LogP contribution >= 0.6 is 0 Å². The Bertz CT molecular complexity index is 874. The molecule has 1 atom stereocenters. The number of piperidine rings is 1. The molecule has 30 heavy (non-hydrogen) atoms. The number of amides is 2. The summed E-state index contributed by atoms with van der Waals surface area (Å²) in [5, 5.41) is 10.3. The van der Waals surface area contributed by atoms with Crippen LogP contribution in [0, 0.1) is 5.82 Å². The van der Waals surface area contributed by atoms with Crippen molar-refractivity contribution in [3.63, 3.8) is 0 Å². The van der Waals surface area contributed by atoms with Crippen LogP contribution in [0.3, 0.4) is 0 Å². The lowest BCUT2D eigenvalue weighted by atomic mass is 9.98. The largest absolute Gasteiger partial charge is 0.348 e. The molecule has 0 radical (unpaired) electrons. The number of nitrogens with one attached hydrogen (secondary N) is 2. The van der Waals surface area contributed by atoms with E-state index >= 15 is 0 Å². The first-order chi connectivity index (χ1) is 14.6. The van der Waals surface area contributed by atoms with Gasteiger partial charge in [0.2, 0.25) is 5.91 Å². The summed E-state index contributed by atoms with van der Waals surface area (Å²) < 4.78 is 13.1. The van der Waals surface area contributed by atoms with Gasteiger partial charge in [0, 0.05) is 19.0 Å². The van der Waals surface area contributed by atoms with Crippen molar-refractivity contribution in [2.45, 2.75) is 69.9 Å². The molecule has 160 valence electrons. The van der Waals surface area contributed by atoms with E-state index in [0.29, 0.717) is 25.1 Å². The van der Waals surface area contributed by atoms with Gasteiger partial charge in [0.15, 0.2) is 0 Å². The predicted molar refractivity (Wildman–Crippen MR) is 111 cm³/mol. The van der Waals surface area contributed by atoms with E-state index in [1.807, 2.05) is 4.90 Å². The highest BCUT2D eigenvalue weighted by Crippen LogP contribution is 2.31. The first kappa shape index (κ1) is 20.6. The summed E-state index contributed by atoms with van der Waals surface area (Å²) in [7, 11) is 0. The second-order valence-corrected chi connectivity index (χ2v) is 8.39. The van der Waals surface area contributed by atoms with E-state index in [-0.39, 0.29) is 29.7 Å². The van der Waals surface area contributed by atoms with E-state index < -0.39 is 0 Å². The fourth-order valence-corrected chi connectivity index (χ4v) is 4.55. The molecule has 1 aromatic carbocycles. The summed E-state index contributed by atoms with van der Waals surface area (Å²) in [4.78, 5) is 27.3. The maximum Gasteiger partial charge on any atom is 0.271 e. The molecular weight excluding hydrogens is 383 g/mol. The number of aromatic nitrogens is 2. The van der Waals surface area contributed by atoms with Gasteiger partial charge in [0.05, 0.1) is 11.7 Å². The Morgan fingerprint density at radius 2 is 1.83 bits per heavy atom. The van der Waals surface area contributed by atoms with Gasteiger partial charge in [-0.1, -0.05) is 25.0 Å². The number of nitrogens with zero attached hydrogens (tertiary/aromatic N) is 2. The van der Waals surface area contributed by atoms with Gasteiger partial charge in [-0.15, -0.1) is 0 Å². The number of carbonyl (C=O) groups excluding carboxylic acids is 2. The third kappa shape index (κ3) is 4.89. The Morgan fingerprint density at radius 1 is 1.10 bits per heavy atom. The molecule has 6 nitrogen and oxygen atoms in total. The molecule has 2 amide bonds. The molecule has 0 unspecified atom stereocenters. The zero-order valence-electron chi connectivity index (χ0n) is 17.2. The minimum atomic E-state index is -0.270. The molecule has 4 rings (SSSR count). The molecule has 2 heterocycles. The van der Waals surface area contributed by atoms with Crippen molar-refractivity contribution in [2.24, 2.45) is 0 Å². The number of aromatic amines is 1. The van der Waals surface area contributed by atoms with Crippen molar-refractivity contribution in [1.82, 2.24) is 20.4 Å². The highest BCUT2D eigenvalue weighted by atomic mass is 19.1. The number of aryl methyl sites for hydroxylation is 1. The number of likely N-dealkylation sites (tertiary alicyclic amines) is 1. The molecule has 1 saturated carbocycles. The first-order valence-corrected chi connectivity index (χ1v) is 11.0. The lowest BCUT2D eigenvalue weighted by Gasteiger charge is -2.35. The zero-order chi connectivity index (χ0) is 20.9. The SMILES string of the molecule is O=C(NC1CCCC1)c1cc([C@@H]2CCCCN2C(=O)CCc2ccc(F)cc2)[nH]n1. The summed E-state index contributed by atoms with van der Waals surface area (Å²) in [6.07, 6.45) is 8.21. The van der Waals surface area contributed by atoms with Crippen molar-refractivity contribution < 1.29 is 14.0 Å². The van der Waals surface area contributed by atoms with Gasteiger partial charge in [-0.05, 0) is 62.3 Å². The third-order valence-corrected chi connectivity index (χ3v) is 6.24. The topological polar surface area (TPSA) is 78.1 Å². The quantitative estimate of drug-likeness (QED) is 0.755. The van der Waals surface area contributed by atoms with E-state index in [1.54, 1.807) is 18.2 Å². The minimum absolute atomic E-state index is 0.0792. The normalized spacial score (nSPS) is 19.8. The van der Waals surface area contributed by atoms with Gasteiger partial charge in [0.25, 0.3) is 5.91 Å². The van der Waals surface area contributed by atoms with Gasteiger partial charge in [-0.25, -0.2) is 4.39 Å². The standard InChI is InChI=1S/C23H29FN4O2/c24-17-11-8-16(9-12-17)10-13-22(29)28-14-4-3-7-21(28)19-15-20(27-26-19)23(30)25-18-5-1-2-6-18/h8-9,11-12,15,18,21H,1-7,10,13-14H2,(H,25,30)(H,26,27)/t21-/m0/s1. The fourth-order valence-electron chi connectivity index (χ4n) is 4.55. The number of H-pyrrole nitrogens is 1. The Balaban J connectivity index is 1.39.